The second kappa shape index (κ2) is 2.68. The van der Waals surface area contributed by atoms with Crippen molar-refractivity contribution in [3.8, 4) is 0 Å². The molecule has 1 aliphatic rings. The molecule has 58 valence electrons. The number of hydrogen-bond acceptors (Lipinski definition) is 3. The molecule has 0 saturated carbocycles. The molecule has 0 bridgehead atoms. The molecule has 10 heavy (non-hydrogen) atoms. The minimum atomic E-state index is -0.613. The molecular formula is C7H13NO2. The summed E-state index contributed by atoms with van der Waals surface area (Å²) < 4.78 is 5.30. The SMILES string of the molecule is CC1NCCOC1(C)C=O. The monoisotopic (exact) mass is 143 g/mol. The van der Waals surface area contributed by atoms with Crippen molar-refractivity contribution < 1.29 is 9.53 Å². The van der Waals surface area contributed by atoms with Gasteiger partial charge in [-0.3, -0.25) is 0 Å². The first-order valence-electron chi connectivity index (χ1n) is 3.53. The Balaban J connectivity index is 2.62. The normalized spacial score (nSPS) is 41.2. The van der Waals surface area contributed by atoms with Crippen LogP contribution in [0.4, 0.5) is 0 Å². The molecule has 1 saturated heterocycles. The number of ether oxygens (including phenoxy) is 1. The minimum Gasteiger partial charge on any atom is -0.365 e. The molecular weight excluding hydrogens is 130 g/mol. The van der Waals surface area contributed by atoms with E-state index in [1.165, 1.54) is 0 Å². The first-order chi connectivity index (χ1) is 4.69. The fourth-order valence-corrected chi connectivity index (χ4v) is 1.01. The lowest BCUT2D eigenvalue weighted by molar-refractivity contribution is -0.137. The van der Waals surface area contributed by atoms with Gasteiger partial charge in [0, 0.05) is 12.6 Å². The Kier molecular flexibility index (Phi) is 2.06. The van der Waals surface area contributed by atoms with E-state index in [-0.39, 0.29) is 6.04 Å². The molecule has 1 heterocycles. The fraction of sp³-hybridized carbons (Fsp3) is 0.857. The van der Waals surface area contributed by atoms with Gasteiger partial charge in [0.05, 0.1) is 6.61 Å². The maximum atomic E-state index is 10.5. The van der Waals surface area contributed by atoms with E-state index < -0.39 is 5.60 Å². The first kappa shape index (κ1) is 7.69. The van der Waals surface area contributed by atoms with Crippen LogP contribution in [0.15, 0.2) is 0 Å². The predicted octanol–water partition coefficient (Wildman–Crippen LogP) is -0.0477. The van der Waals surface area contributed by atoms with Crippen LogP contribution in [0, 0.1) is 0 Å². The molecule has 1 fully saturated rings. The zero-order valence-corrected chi connectivity index (χ0v) is 6.39. The summed E-state index contributed by atoms with van der Waals surface area (Å²) in [5, 5.41) is 3.17. The van der Waals surface area contributed by atoms with E-state index >= 15 is 0 Å². The van der Waals surface area contributed by atoms with Crippen LogP contribution in [0.2, 0.25) is 0 Å². The van der Waals surface area contributed by atoms with Gasteiger partial charge in [-0.25, -0.2) is 0 Å². The maximum absolute atomic E-state index is 10.5. The summed E-state index contributed by atoms with van der Waals surface area (Å²) in [7, 11) is 0. The third-order valence-electron chi connectivity index (χ3n) is 2.06. The van der Waals surface area contributed by atoms with E-state index in [1.54, 1.807) is 6.92 Å². The highest BCUT2D eigenvalue weighted by Gasteiger charge is 2.34. The number of carbonyl (C=O) groups excluding carboxylic acids is 1. The highest BCUT2D eigenvalue weighted by Crippen LogP contribution is 2.15. The Bertz CT molecular complexity index is 138. The Morgan fingerprint density at radius 3 is 2.90 bits per heavy atom. The quantitative estimate of drug-likeness (QED) is 0.523. The predicted molar refractivity (Wildman–Crippen MR) is 37.9 cm³/mol. The Labute approximate surface area is 60.7 Å². The van der Waals surface area contributed by atoms with E-state index in [9.17, 15) is 4.79 Å². The van der Waals surface area contributed by atoms with Crippen LogP contribution in [0.1, 0.15) is 13.8 Å². The summed E-state index contributed by atoms with van der Waals surface area (Å²) in [5.41, 5.74) is -0.613. The van der Waals surface area contributed by atoms with E-state index in [1.807, 2.05) is 6.92 Å². The van der Waals surface area contributed by atoms with Gasteiger partial charge in [0.2, 0.25) is 0 Å². The molecule has 0 radical (unpaired) electrons. The highest BCUT2D eigenvalue weighted by atomic mass is 16.5. The van der Waals surface area contributed by atoms with Gasteiger partial charge >= 0.3 is 0 Å². The summed E-state index contributed by atoms with van der Waals surface area (Å²) in [6, 6.07) is 0.124. The summed E-state index contributed by atoms with van der Waals surface area (Å²) in [4.78, 5) is 10.5. The summed E-state index contributed by atoms with van der Waals surface area (Å²) >= 11 is 0. The topological polar surface area (TPSA) is 38.3 Å². The van der Waals surface area contributed by atoms with Crippen LogP contribution in [0.25, 0.3) is 0 Å². The van der Waals surface area contributed by atoms with Crippen molar-refractivity contribution in [2.45, 2.75) is 25.5 Å². The molecule has 0 spiro atoms. The second-order valence-electron chi connectivity index (χ2n) is 2.83. The highest BCUT2D eigenvalue weighted by molar-refractivity contribution is 5.63. The number of carbonyl (C=O) groups is 1. The molecule has 2 atom stereocenters. The van der Waals surface area contributed by atoms with Crippen LogP contribution in [0.5, 0.6) is 0 Å². The van der Waals surface area contributed by atoms with Crippen molar-refractivity contribution in [1.29, 1.82) is 0 Å². The van der Waals surface area contributed by atoms with E-state index in [2.05, 4.69) is 5.32 Å². The van der Waals surface area contributed by atoms with Crippen molar-refractivity contribution in [3.63, 3.8) is 0 Å². The summed E-state index contributed by atoms with van der Waals surface area (Å²) in [5.74, 6) is 0. The van der Waals surface area contributed by atoms with Gasteiger partial charge in [-0.05, 0) is 13.8 Å². The van der Waals surface area contributed by atoms with Crippen molar-refractivity contribution >= 4 is 6.29 Å². The van der Waals surface area contributed by atoms with E-state index in [0.29, 0.717) is 6.61 Å². The van der Waals surface area contributed by atoms with Gasteiger partial charge in [0.25, 0.3) is 0 Å². The molecule has 0 aromatic heterocycles. The molecule has 3 heteroatoms. The van der Waals surface area contributed by atoms with Crippen LogP contribution in [-0.4, -0.2) is 31.1 Å². The van der Waals surface area contributed by atoms with Gasteiger partial charge in [-0.2, -0.15) is 0 Å². The number of hydrogen-bond donors (Lipinski definition) is 1. The third kappa shape index (κ3) is 1.20. The summed E-state index contributed by atoms with van der Waals surface area (Å²) in [6.45, 7) is 5.22. The van der Waals surface area contributed by atoms with Gasteiger partial charge < -0.3 is 14.8 Å². The Hall–Kier alpha value is -0.410. The summed E-state index contributed by atoms with van der Waals surface area (Å²) in [6.07, 6.45) is 0.865. The van der Waals surface area contributed by atoms with Crippen LogP contribution >= 0.6 is 0 Å². The van der Waals surface area contributed by atoms with E-state index in [0.717, 1.165) is 12.8 Å². The molecule has 0 aromatic carbocycles. The molecule has 0 amide bonds. The van der Waals surface area contributed by atoms with Gasteiger partial charge in [0.1, 0.15) is 5.60 Å². The molecule has 1 rings (SSSR count). The van der Waals surface area contributed by atoms with Gasteiger partial charge in [-0.15, -0.1) is 0 Å². The molecule has 0 aromatic rings. The van der Waals surface area contributed by atoms with Crippen LogP contribution in [0.3, 0.4) is 0 Å². The molecule has 2 unspecified atom stereocenters. The zero-order valence-electron chi connectivity index (χ0n) is 6.39. The van der Waals surface area contributed by atoms with Crippen molar-refractivity contribution in [2.24, 2.45) is 0 Å². The largest absolute Gasteiger partial charge is 0.365 e. The number of nitrogens with one attached hydrogen (secondary N) is 1. The smallest absolute Gasteiger partial charge is 0.153 e. The Morgan fingerprint density at radius 1 is 1.80 bits per heavy atom. The molecule has 0 aliphatic carbocycles. The lowest BCUT2D eigenvalue weighted by atomic mass is 9.98. The Morgan fingerprint density at radius 2 is 2.50 bits per heavy atom. The standard InChI is InChI=1S/C7H13NO2/c1-6-7(2,5-9)10-4-3-8-6/h5-6,8H,3-4H2,1-2H3. The maximum Gasteiger partial charge on any atom is 0.153 e. The van der Waals surface area contributed by atoms with Crippen LogP contribution < -0.4 is 5.32 Å². The average molecular weight is 143 g/mol. The second-order valence-corrected chi connectivity index (χ2v) is 2.83. The lowest BCUT2D eigenvalue weighted by Gasteiger charge is -2.35. The number of rotatable bonds is 1. The molecule has 3 nitrogen and oxygen atoms in total. The lowest BCUT2D eigenvalue weighted by Crippen LogP contribution is -2.55. The zero-order chi connectivity index (χ0) is 7.61. The minimum absolute atomic E-state index is 0.124. The van der Waals surface area contributed by atoms with Crippen molar-refractivity contribution in [3.05, 3.63) is 0 Å². The third-order valence-corrected chi connectivity index (χ3v) is 2.06. The fourth-order valence-electron chi connectivity index (χ4n) is 1.01. The van der Waals surface area contributed by atoms with Crippen LogP contribution in [-0.2, 0) is 9.53 Å². The number of morpholine rings is 1. The van der Waals surface area contributed by atoms with Crippen molar-refractivity contribution in [1.82, 2.24) is 5.32 Å². The van der Waals surface area contributed by atoms with E-state index in [4.69, 9.17) is 4.74 Å². The van der Waals surface area contributed by atoms with Gasteiger partial charge in [-0.1, -0.05) is 0 Å². The first-order valence-corrected chi connectivity index (χ1v) is 3.53. The van der Waals surface area contributed by atoms with Gasteiger partial charge in [0.15, 0.2) is 6.29 Å². The average Bonchev–Trinajstić information content (AvgIpc) is 1.96. The number of aldehydes is 1. The molecule has 1 N–H and O–H groups in total. The molecule has 1 aliphatic heterocycles. The van der Waals surface area contributed by atoms with Crippen molar-refractivity contribution in [2.75, 3.05) is 13.2 Å².